The predicted molar refractivity (Wildman–Crippen MR) is 78.2 cm³/mol. The van der Waals surface area contributed by atoms with E-state index in [2.05, 4.69) is 5.32 Å². The second-order valence-electron chi connectivity index (χ2n) is 4.76. The molecule has 0 fully saturated rings. The van der Waals surface area contributed by atoms with Crippen LogP contribution in [0.1, 0.15) is 5.56 Å². The molecule has 0 aromatic heterocycles. The molecule has 0 amide bonds. The van der Waals surface area contributed by atoms with Crippen molar-refractivity contribution in [3.63, 3.8) is 0 Å². The number of rotatable bonds is 5. The van der Waals surface area contributed by atoms with Crippen molar-refractivity contribution in [2.24, 2.45) is 0 Å². The van der Waals surface area contributed by atoms with E-state index in [0.29, 0.717) is 5.56 Å². The lowest BCUT2D eigenvalue weighted by atomic mass is 10.0. The first-order valence-corrected chi connectivity index (χ1v) is 6.49. The SMILES string of the molecule is Cc1ccc(-c2cccc(NCC(O)CO)c2)cc1F. The summed E-state index contributed by atoms with van der Waals surface area (Å²) in [4.78, 5) is 0. The van der Waals surface area contributed by atoms with Crippen LogP contribution in [0.25, 0.3) is 11.1 Å². The molecule has 0 aliphatic carbocycles. The summed E-state index contributed by atoms with van der Waals surface area (Å²) in [7, 11) is 0. The summed E-state index contributed by atoms with van der Waals surface area (Å²) in [6, 6.07) is 12.6. The van der Waals surface area contributed by atoms with Crippen LogP contribution in [0.5, 0.6) is 0 Å². The Morgan fingerprint density at radius 3 is 2.60 bits per heavy atom. The monoisotopic (exact) mass is 275 g/mol. The molecule has 0 radical (unpaired) electrons. The molecule has 2 rings (SSSR count). The van der Waals surface area contributed by atoms with Crippen LogP contribution in [0.4, 0.5) is 10.1 Å². The molecule has 2 aromatic carbocycles. The van der Waals surface area contributed by atoms with E-state index in [1.807, 2.05) is 30.3 Å². The molecule has 1 atom stereocenters. The fraction of sp³-hybridized carbons (Fsp3) is 0.250. The minimum atomic E-state index is -0.796. The Hall–Kier alpha value is -1.91. The van der Waals surface area contributed by atoms with Gasteiger partial charge in [0.25, 0.3) is 0 Å². The standard InChI is InChI=1S/C16H18FNO2/c1-11-5-6-13(8-16(11)17)12-3-2-4-14(7-12)18-9-15(20)10-19/h2-8,15,18-20H,9-10H2,1H3. The fourth-order valence-corrected chi connectivity index (χ4v) is 1.88. The van der Waals surface area contributed by atoms with Gasteiger partial charge in [0.1, 0.15) is 5.82 Å². The first-order chi connectivity index (χ1) is 9.60. The molecule has 106 valence electrons. The summed E-state index contributed by atoms with van der Waals surface area (Å²) in [5.41, 5.74) is 3.14. The Morgan fingerprint density at radius 1 is 1.15 bits per heavy atom. The molecule has 0 spiro atoms. The second-order valence-corrected chi connectivity index (χ2v) is 4.76. The maximum absolute atomic E-state index is 13.6. The minimum absolute atomic E-state index is 0.225. The molecule has 3 N–H and O–H groups in total. The Labute approximate surface area is 117 Å². The van der Waals surface area contributed by atoms with Crippen LogP contribution in [0.15, 0.2) is 42.5 Å². The number of anilines is 1. The topological polar surface area (TPSA) is 52.5 Å². The van der Waals surface area contributed by atoms with Crippen molar-refractivity contribution < 1.29 is 14.6 Å². The van der Waals surface area contributed by atoms with E-state index in [4.69, 9.17) is 5.11 Å². The van der Waals surface area contributed by atoms with Crippen LogP contribution in [0.3, 0.4) is 0 Å². The maximum Gasteiger partial charge on any atom is 0.126 e. The molecule has 0 bridgehead atoms. The molecule has 0 aliphatic rings. The number of nitrogens with one attached hydrogen (secondary N) is 1. The van der Waals surface area contributed by atoms with Crippen LogP contribution in [0, 0.1) is 12.7 Å². The van der Waals surface area contributed by atoms with E-state index in [1.54, 1.807) is 13.0 Å². The lowest BCUT2D eigenvalue weighted by Crippen LogP contribution is -2.22. The van der Waals surface area contributed by atoms with Crippen molar-refractivity contribution >= 4 is 5.69 Å². The van der Waals surface area contributed by atoms with Crippen molar-refractivity contribution in [3.8, 4) is 11.1 Å². The Kier molecular flexibility index (Phi) is 4.71. The van der Waals surface area contributed by atoms with Gasteiger partial charge in [-0.25, -0.2) is 4.39 Å². The third kappa shape index (κ3) is 3.56. The van der Waals surface area contributed by atoms with Gasteiger partial charge in [-0.15, -0.1) is 0 Å². The number of aliphatic hydroxyl groups excluding tert-OH is 2. The average molecular weight is 275 g/mol. The molecule has 3 nitrogen and oxygen atoms in total. The van der Waals surface area contributed by atoms with E-state index in [-0.39, 0.29) is 19.0 Å². The number of aliphatic hydroxyl groups is 2. The minimum Gasteiger partial charge on any atom is -0.394 e. The number of hydrogen-bond acceptors (Lipinski definition) is 3. The van der Waals surface area contributed by atoms with Crippen molar-refractivity contribution in [2.45, 2.75) is 13.0 Å². The summed E-state index contributed by atoms with van der Waals surface area (Å²) in [5, 5.41) is 21.1. The van der Waals surface area contributed by atoms with Crippen molar-refractivity contribution in [2.75, 3.05) is 18.5 Å². The first-order valence-electron chi connectivity index (χ1n) is 6.49. The highest BCUT2D eigenvalue weighted by molar-refractivity contribution is 5.68. The van der Waals surface area contributed by atoms with E-state index in [0.717, 1.165) is 16.8 Å². The molecular weight excluding hydrogens is 257 g/mol. The predicted octanol–water partition coefficient (Wildman–Crippen LogP) is 2.57. The lowest BCUT2D eigenvalue weighted by molar-refractivity contribution is 0.105. The van der Waals surface area contributed by atoms with Gasteiger partial charge in [-0.3, -0.25) is 0 Å². The second kappa shape index (κ2) is 6.50. The van der Waals surface area contributed by atoms with Crippen LogP contribution >= 0.6 is 0 Å². The van der Waals surface area contributed by atoms with Gasteiger partial charge in [0, 0.05) is 12.2 Å². The molecule has 0 saturated heterocycles. The molecule has 0 saturated carbocycles. The van der Waals surface area contributed by atoms with Gasteiger partial charge in [-0.2, -0.15) is 0 Å². The quantitative estimate of drug-likeness (QED) is 0.786. The van der Waals surface area contributed by atoms with E-state index < -0.39 is 6.10 Å². The zero-order valence-corrected chi connectivity index (χ0v) is 11.3. The number of benzene rings is 2. The van der Waals surface area contributed by atoms with E-state index >= 15 is 0 Å². The largest absolute Gasteiger partial charge is 0.394 e. The third-order valence-electron chi connectivity index (χ3n) is 3.12. The molecular formula is C16H18FNO2. The van der Waals surface area contributed by atoms with Gasteiger partial charge in [0.2, 0.25) is 0 Å². The average Bonchev–Trinajstić information content (AvgIpc) is 2.48. The maximum atomic E-state index is 13.6. The summed E-state index contributed by atoms with van der Waals surface area (Å²) in [6.07, 6.45) is -0.796. The lowest BCUT2D eigenvalue weighted by Gasteiger charge is -2.11. The number of aryl methyl sites for hydroxylation is 1. The van der Waals surface area contributed by atoms with Crippen LogP contribution in [-0.4, -0.2) is 29.5 Å². The van der Waals surface area contributed by atoms with Crippen LogP contribution in [-0.2, 0) is 0 Å². The van der Waals surface area contributed by atoms with Gasteiger partial charge in [-0.05, 0) is 41.8 Å². The van der Waals surface area contributed by atoms with Gasteiger partial charge in [-0.1, -0.05) is 24.3 Å². The molecule has 0 heterocycles. The van der Waals surface area contributed by atoms with Gasteiger partial charge >= 0.3 is 0 Å². The van der Waals surface area contributed by atoms with Crippen molar-refractivity contribution in [1.82, 2.24) is 0 Å². The molecule has 1 unspecified atom stereocenters. The van der Waals surface area contributed by atoms with Gasteiger partial charge in [0.05, 0.1) is 12.7 Å². The van der Waals surface area contributed by atoms with Gasteiger partial charge < -0.3 is 15.5 Å². The zero-order valence-electron chi connectivity index (χ0n) is 11.3. The first kappa shape index (κ1) is 14.5. The van der Waals surface area contributed by atoms with Crippen LogP contribution < -0.4 is 5.32 Å². The number of halogens is 1. The Balaban J connectivity index is 2.18. The summed E-state index contributed by atoms with van der Waals surface area (Å²) in [6.45, 7) is 1.71. The fourth-order valence-electron chi connectivity index (χ4n) is 1.88. The van der Waals surface area contributed by atoms with Crippen LogP contribution in [0.2, 0.25) is 0 Å². The van der Waals surface area contributed by atoms with E-state index in [9.17, 15) is 9.50 Å². The Bertz CT molecular complexity index is 586. The summed E-state index contributed by atoms with van der Waals surface area (Å²) >= 11 is 0. The number of hydrogen-bond donors (Lipinski definition) is 3. The molecule has 4 heteroatoms. The molecule has 2 aromatic rings. The highest BCUT2D eigenvalue weighted by atomic mass is 19.1. The highest BCUT2D eigenvalue weighted by Crippen LogP contribution is 2.24. The summed E-state index contributed by atoms with van der Waals surface area (Å²) in [5.74, 6) is -0.225. The molecule has 20 heavy (non-hydrogen) atoms. The van der Waals surface area contributed by atoms with Crippen molar-refractivity contribution in [1.29, 1.82) is 0 Å². The Morgan fingerprint density at radius 2 is 1.90 bits per heavy atom. The van der Waals surface area contributed by atoms with E-state index in [1.165, 1.54) is 6.07 Å². The smallest absolute Gasteiger partial charge is 0.126 e. The van der Waals surface area contributed by atoms with Gasteiger partial charge in [0.15, 0.2) is 0 Å². The zero-order chi connectivity index (χ0) is 14.5. The normalized spacial score (nSPS) is 12.2. The highest BCUT2D eigenvalue weighted by Gasteiger charge is 2.04. The third-order valence-corrected chi connectivity index (χ3v) is 3.12. The summed E-state index contributed by atoms with van der Waals surface area (Å²) < 4.78 is 13.6. The molecule has 0 aliphatic heterocycles. The van der Waals surface area contributed by atoms with Crippen molar-refractivity contribution in [3.05, 3.63) is 53.8 Å².